The minimum absolute atomic E-state index is 0. The van der Waals surface area contributed by atoms with E-state index in [2.05, 4.69) is 11.1 Å². The molecule has 2 aromatic rings. The Morgan fingerprint density at radius 3 is 2.70 bits per heavy atom. The van der Waals surface area contributed by atoms with Gasteiger partial charge in [0.2, 0.25) is 0 Å². The van der Waals surface area contributed by atoms with Gasteiger partial charge in [0.05, 0.1) is 23.4 Å². The van der Waals surface area contributed by atoms with Gasteiger partial charge in [-0.15, -0.1) is 12.4 Å². The van der Waals surface area contributed by atoms with Crippen LogP contribution >= 0.6 is 12.4 Å². The second kappa shape index (κ2) is 8.16. The van der Waals surface area contributed by atoms with Crippen molar-refractivity contribution in [1.82, 2.24) is 4.98 Å². The SMILES string of the molecule is CC(C)COc1ccc(-c2cc(C(=O)O)ccn2)cc1C#N.Cl. The number of pyridine rings is 1. The molecule has 23 heavy (non-hydrogen) atoms. The van der Waals surface area contributed by atoms with Crippen molar-refractivity contribution in [2.75, 3.05) is 6.61 Å². The quantitative estimate of drug-likeness (QED) is 0.900. The van der Waals surface area contributed by atoms with E-state index in [0.717, 1.165) is 0 Å². The van der Waals surface area contributed by atoms with Crippen molar-refractivity contribution in [2.45, 2.75) is 13.8 Å². The zero-order valence-electron chi connectivity index (χ0n) is 12.8. The van der Waals surface area contributed by atoms with Gasteiger partial charge in [-0.25, -0.2) is 4.79 Å². The van der Waals surface area contributed by atoms with Crippen LogP contribution in [0, 0.1) is 17.2 Å². The molecule has 0 unspecified atom stereocenters. The Bertz CT molecular complexity index is 739. The number of nitrogens with zero attached hydrogens (tertiary/aromatic N) is 2. The number of aromatic carboxylic acids is 1. The van der Waals surface area contributed by atoms with E-state index >= 15 is 0 Å². The van der Waals surface area contributed by atoms with Crippen molar-refractivity contribution in [3.8, 4) is 23.1 Å². The summed E-state index contributed by atoms with van der Waals surface area (Å²) in [7, 11) is 0. The Labute approximate surface area is 141 Å². The van der Waals surface area contributed by atoms with Crippen molar-refractivity contribution in [3.05, 3.63) is 47.7 Å². The minimum Gasteiger partial charge on any atom is -0.492 e. The molecule has 0 aliphatic carbocycles. The Morgan fingerprint density at radius 2 is 2.09 bits per heavy atom. The van der Waals surface area contributed by atoms with E-state index in [4.69, 9.17) is 9.84 Å². The highest BCUT2D eigenvalue weighted by Crippen LogP contribution is 2.26. The van der Waals surface area contributed by atoms with Gasteiger partial charge in [0, 0.05) is 11.8 Å². The number of halogens is 1. The summed E-state index contributed by atoms with van der Waals surface area (Å²) in [6.45, 7) is 4.59. The third-order valence-corrected chi connectivity index (χ3v) is 2.97. The standard InChI is InChI=1S/C17H16N2O3.ClH/c1-11(2)10-22-16-4-3-12(7-14(16)9-18)15-8-13(17(20)21)5-6-19-15;/h3-8,11H,10H2,1-2H3,(H,20,21);1H. The first-order valence-corrected chi connectivity index (χ1v) is 6.88. The summed E-state index contributed by atoms with van der Waals surface area (Å²) in [6.07, 6.45) is 1.44. The molecule has 2 rings (SSSR count). The normalized spacial score (nSPS) is 9.83. The first-order chi connectivity index (χ1) is 10.5. The van der Waals surface area contributed by atoms with E-state index in [1.807, 2.05) is 13.8 Å². The number of hydrogen-bond donors (Lipinski definition) is 1. The molecular formula is C17H17ClN2O3. The van der Waals surface area contributed by atoms with Crippen LogP contribution in [0.5, 0.6) is 5.75 Å². The number of ether oxygens (including phenoxy) is 1. The summed E-state index contributed by atoms with van der Waals surface area (Å²) >= 11 is 0. The Kier molecular flexibility index (Phi) is 6.55. The maximum atomic E-state index is 11.0. The molecule has 0 fully saturated rings. The van der Waals surface area contributed by atoms with E-state index in [1.165, 1.54) is 18.3 Å². The number of benzene rings is 1. The van der Waals surface area contributed by atoms with Gasteiger partial charge >= 0.3 is 5.97 Å². The minimum atomic E-state index is -1.01. The van der Waals surface area contributed by atoms with Crippen molar-refractivity contribution in [2.24, 2.45) is 5.92 Å². The second-order valence-electron chi connectivity index (χ2n) is 5.26. The Hall–Kier alpha value is -2.58. The molecule has 0 aliphatic rings. The summed E-state index contributed by atoms with van der Waals surface area (Å²) in [5.74, 6) is -0.129. The lowest BCUT2D eigenvalue weighted by atomic mass is 10.1. The van der Waals surface area contributed by atoms with Crippen molar-refractivity contribution >= 4 is 18.4 Å². The molecule has 0 spiro atoms. The van der Waals surface area contributed by atoms with Crippen LogP contribution in [0.25, 0.3) is 11.3 Å². The van der Waals surface area contributed by atoms with Crippen LogP contribution in [0.1, 0.15) is 29.8 Å². The van der Waals surface area contributed by atoms with Crippen LogP contribution in [0.2, 0.25) is 0 Å². The Morgan fingerprint density at radius 1 is 1.35 bits per heavy atom. The van der Waals surface area contributed by atoms with Crippen molar-refractivity contribution in [1.29, 1.82) is 5.26 Å². The highest BCUT2D eigenvalue weighted by atomic mass is 35.5. The van der Waals surface area contributed by atoms with Gasteiger partial charge in [0.1, 0.15) is 11.8 Å². The van der Waals surface area contributed by atoms with Gasteiger partial charge in [-0.2, -0.15) is 5.26 Å². The number of nitriles is 1. The zero-order chi connectivity index (χ0) is 16.1. The molecule has 120 valence electrons. The van der Waals surface area contributed by atoms with Gasteiger partial charge in [0.25, 0.3) is 0 Å². The van der Waals surface area contributed by atoms with Gasteiger partial charge in [-0.3, -0.25) is 4.98 Å². The smallest absolute Gasteiger partial charge is 0.335 e. The third kappa shape index (κ3) is 4.70. The number of carbonyl (C=O) groups is 1. The number of hydrogen-bond acceptors (Lipinski definition) is 4. The first kappa shape index (κ1) is 18.5. The van der Waals surface area contributed by atoms with Gasteiger partial charge in [-0.1, -0.05) is 13.8 Å². The van der Waals surface area contributed by atoms with Crippen LogP contribution in [0.15, 0.2) is 36.5 Å². The van der Waals surface area contributed by atoms with E-state index in [-0.39, 0.29) is 18.0 Å². The molecular weight excluding hydrogens is 316 g/mol. The largest absolute Gasteiger partial charge is 0.492 e. The van der Waals surface area contributed by atoms with Crippen molar-refractivity contribution in [3.63, 3.8) is 0 Å². The van der Waals surface area contributed by atoms with Crippen LogP contribution in [-0.4, -0.2) is 22.7 Å². The van der Waals surface area contributed by atoms with Crippen LogP contribution in [0.4, 0.5) is 0 Å². The Balaban J connectivity index is 0.00000264. The maximum absolute atomic E-state index is 11.0. The third-order valence-electron chi connectivity index (χ3n) is 2.97. The lowest BCUT2D eigenvalue weighted by molar-refractivity contribution is 0.0697. The molecule has 0 atom stereocenters. The molecule has 0 amide bonds. The fourth-order valence-corrected chi connectivity index (χ4v) is 1.88. The predicted molar refractivity (Wildman–Crippen MR) is 88.9 cm³/mol. The van der Waals surface area contributed by atoms with Gasteiger partial charge < -0.3 is 9.84 Å². The van der Waals surface area contributed by atoms with Crippen LogP contribution < -0.4 is 4.74 Å². The average molecular weight is 333 g/mol. The molecule has 0 radical (unpaired) electrons. The molecule has 1 heterocycles. The molecule has 0 saturated heterocycles. The molecule has 0 bridgehead atoms. The summed E-state index contributed by atoms with van der Waals surface area (Å²) in [5, 5.41) is 18.3. The molecule has 5 nitrogen and oxygen atoms in total. The zero-order valence-corrected chi connectivity index (χ0v) is 13.6. The molecule has 0 saturated carbocycles. The van der Waals surface area contributed by atoms with Crippen molar-refractivity contribution < 1.29 is 14.6 Å². The summed E-state index contributed by atoms with van der Waals surface area (Å²) < 4.78 is 5.61. The number of carboxylic acids is 1. The maximum Gasteiger partial charge on any atom is 0.335 e. The molecule has 1 N–H and O–H groups in total. The fourth-order valence-electron chi connectivity index (χ4n) is 1.88. The van der Waals surface area contributed by atoms with E-state index in [9.17, 15) is 10.1 Å². The number of carboxylic acid groups (broad SMARTS) is 1. The lowest BCUT2D eigenvalue weighted by Crippen LogP contribution is -2.05. The monoisotopic (exact) mass is 332 g/mol. The average Bonchev–Trinajstić information content (AvgIpc) is 2.52. The van der Waals surface area contributed by atoms with Gasteiger partial charge in [0.15, 0.2) is 0 Å². The summed E-state index contributed by atoms with van der Waals surface area (Å²) in [5.41, 5.74) is 1.74. The van der Waals surface area contributed by atoms with E-state index < -0.39 is 5.97 Å². The number of rotatable bonds is 5. The molecule has 1 aromatic heterocycles. The molecule has 6 heteroatoms. The highest BCUT2D eigenvalue weighted by molar-refractivity contribution is 5.88. The topological polar surface area (TPSA) is 83.2 Å². The summed E-state index contributed by atoms with van der Waals surface area (Å²) in [4.78, 5) is 15.2. The lowest BCUT2D eigenvalue weighted by Gasteiger charge is -2.11. The molecule has 0 aliphatic heterocycles. The second-order valence-corrected chi connectivity index (χ2v) is 5.26. The van der Waals surface area contributed by atoms with E-state index in [0.29, 0.717) is 35.1 Å². The van der Waals surface area contributed by atoms with E-state index in [1.54, 1.807) is 18.2 Å². The molecule has 1 aromatic carbocycles. The number of aromatic nitrogens is 1. The van der Waals surface area contributed by atoms with Crippen LogP contribution in [0.3, 0.4) is 0 Å². The highest BCUT2D eigenvalue weighted by Gasteiger charge is 2.10. The summed E-state index contributed by atoms with van der Waals surface area (Å²) in [6, 6.07) is 10.1. The van der Waals surface area contributed by atoms with Crippen LogP contribution in [-0.2, 0) is 0 Å². The fraction of sp³-hybridized carbons (Fsp3) is 0.235. The van der Waals surface area contributed by atoms with Gasteiger partial charge in [-0.05, 0) is 36.2 Å². The first-order valence-electron chi connectivity index (χ1n) is 6.88. The predicted octanol–water partition coefficient (Wildman–Crippen LogP) is 3.78.